The minimum absolute atomic E-state index is 0. The molecule has 0 spiro atoms. The lowest BCUT2D eigenvalue weighted by Crippen LogP contribution is -2.63. The van der Waals surface area contributed by atoms with Crippen LogP contribution in [0, 0.1) is 0 Å². The van der Waals surface area contributed by atoms with Crippen molar-refractivity contribution in [3.63, 3.8) is 0 Å². The van der Waals surface area contributed by atoms with Crippen LogP contribution in [0.2, 0.25) is 0 Å². The smallest absolute Gasteiger partial charge is 0.302 e. The van der Waals surface area contributed by atoms with Gasteiger partial charge in [0.1, 0.15) is 11.9 Å². The predicted octanol–water partition coefficient (Wildman–Crippen LogP) is 2.96. The molecule has 1 aliphatic carbocycles. The van der Waals surface area contributed by atoms with Gasteiger partial charge >= 0.3 is 5.97 Å². The second-order valence-electron chi connectivity index (χ2n) is 6.56. The Kier molecular flexibility index (Phi) is 5.27. The molecule has 23 heavy (non-hydrogen) atoms. The van der Waals surface area contributed by atoms with Crippen LogP contribution < -0.4 is 4.74 Å². The third-order valence-corrected chi connectivity index (χ3v) is 5.58. The highest BCUT2D eigenvalue weighted by Crippen LogP contribution is 2.49. The number of rotatable bonds is 3. The molecule has 4 nitrogen and oxygen atoms in total. The van der Waals surface area contributed by atoms with Crippen molar-refractivity contribution < 1.29 is 14.3 Å². The maximum Gasteiger partial charge on any atom is 0.302 e. The average molecular weight is 340 g/mol. The number of carbonyl (C=O) groups excluding carboxylic acids is 1. The summed E-state index contributed by atoms with van der Waals surface area (Å²) < 4.78 is 11.3. The van der Waals surface area contributed by atoms with Gasteiger partial charge in [0, 0.05) is 12.3 Å². The van der Waals surface area contributed by atoms with Gasteiger partial charge in [0.2, 0.25) is 0 Å². The quantitative estimate of drug-likeness (QED) is 0.794. The van der Waals surface area contributed by atoms with Crippen molar-refractivity contribution in [1.29, 1.82) is 0 Å². The summed E-state index contributed by atoms with van der Waals surface area (Å²) in [4.78, 5) is 14.0. The fourth-order valence-electron chi connectivity index (χ4n) is 4.32. The maximum atomic E-state index is 11.7. The van der Waals surface area contributed by atoms with Gasteiger partial charge in [-0.25, -0.2) is 0 Å². The number of methoxy groups -OCH3 is 1. The highest BCUT2D eigenvalue weighted by atomic mass is 35.5. The number of halogens is 1. The number of hydrogen-bond donors (Lipinski definition) is 0. The maximum absolute atomic E-state index is 11.7. The molecule has 128 valence electrons. The summed E-state index contributed by atoms with van der Waals surface area (Å²) in [7, 11) is 3.83. The second-order valence-corrected chi connectivity index (χ2v) is 6.56. The van der Waals surface area contributed by atoms with Crippen LogP contribution >= 0.6 is 12.4 Å². The van der Waals surface area contributed by atoms with Gasteiger partial charge in [0.05, 0.1) is 13.2 Å². The standard InChI is InChI=1S/C18H25NO3.ClH/c1-5-18-8-9-19(3)16(17(18)22-12(2)20)10-13-6-7-14(21-4)11-15(13)18;/h6-7,11,16-17H,5,8-10H2,1-4H3;1H/t16-,17+,18-;/m0./s1. The van der Waals surface area contributed by atoms with E-state index in [0.717, 1.165) is 31.6 Å². The molecule has 2 aliphatic rings. The molecule has 1 heterocycles. The summed E-state index contributed by atoms with van der Waals surface area (Å²) in [6, 6.07) is 6.62. The van der Waals surface area contributed by atoms with E-state index in [2.05, 4.69) is 31.0 Å². The van der Waals surface area contributed by atoms with E-state index in [1.807, 2.05) is 6.07 Å². The zero-order valence-corrected chi connectivity index (χ0v) is 15.1. The van der Waals surface area contributed by atoms with Crippen LogP contribution in [0.5, 0.6) is 5.75 Å². The van der Waals surface area contributed by atoms with Gasteiger partial charge in [-0.15, -0.1) is 12.4 Å². The lowest BCUT2D eigenvalue weighted by atomic mass is 9.60. The van der Waals surface area contributed by atoms with E-state index in [0.29, 0.717) is 0 Å². The van der Waals surface area contributed by atoms with Crippen LogP contribution in [0.15, 0.2) is 18.2 Å². The molecular formula is C18H26ClNO3. The molecule has 0 radical (unpaired) electrons. The van der Waals surface area contributed by atoms with Crippen molar-refractivity contribution >= 4 is 18.4 Å². The first kappa shape index (κ1) is 18.1. The van der Waals surface area contributed by atoms with Crippen LogP contribution in [0.1, 0.15) is 37.8 Å². The van der Waals surface area contributed by atoms with E-state index in [9.17, 15) is 4.79 Å². The SMILES string of the molecule is CC[C@]12CCN(C)[C@@H](Cc3ccc(OC)cc31)[C@H]2OC(C)=O.Cl. The average Bonchev–Trinajstić information content (AvgIpc) is 2.51. The normalized spacial score (nSPS) is 29.2. The number of ether oxygens (including phenoxy) is 2. The number of carbonyl (C=O) groups is 1. The van der Waals surface area contributed by atoms with Crippen LogP contribution in [0.4, 0.5) is 0 Å². The predicted molar refractivity (Wildman–Crippen MR) is 92.5 cm³/mol. The van der Waals surface area contributed by atoms with Gasteiger partial charge < -0.3 is 9.47 Å². The summed E-state index contributed by atoms with van der Waals surface area (Å²) in [5.41, 5.74) is 2.58. The molecule has 5 heteroatoms. The molecule has 0 aromatic heterocycles. The Balaban J connectivity index is 0.00000192. The first-order valence-corrected chi connectivity index (χ1v) is 8.06. The summed E-state index contributed by atoms with van der Waals surface area (Å²) in [5.74, 6) is 0.694. The Hall–Kier alpha value is -1.26. The fourth-order valence-corrected chi connectivity index (χ4v) is 4.32. The summed E-state index contributed by atoms with van der Waals surface area (Å²) in [5, 5.41) is 0. The Morgan fingerprint density at radius 2 is 2.17 bits per heavy atom. The highest BCUT2D eigenvalue weighted by Gasteiger charge is 2.53. The number of likely N-dealkylation sites (tertiary alicyclic amines) is 1. The van der Waals surface area contributed by atoms with Crippen LogP contribution in [-0.4, -0.2) is 43.7 Å². The lowest BCUT2D eigenvalue weighted by Gasteiger charge is -2.54. The van der Waals surface area contributed by atoms with Crippen molar-refractivity contribution in [3.05, 3.63) is 29.3 Å². The molecule has 1 aromatic rings. The number of nitrogens with zero attached hydrogens (tertiary/aromatic N) is 1. The van der Waals surface area contributed by atoms with Crippen molar-refractivity contribution in [2.45, 2.75) is 50.7 Å². The topological polar surface area (TPSA) is 38.8 Å². The van der Waals surface area contributed by atoms with Crippen molar-refractivity contribution in [1.82, 2.24) is 4.90 Å². The van der Waals surface area contributed by atoms with E-state index in [1.54, 1.807) is 7.11 Å². The first-order chi connectivity index (χ1) is 10.5. The molecule has 3 rings (SSSR count). The molecule has 2 bridgehead atoms. The monoisotopic (exact) mass is 339 g/mol. The highest BCUT2D eigenvalue weighted by molar-refractivity contribution is 5.85. The molecule has 3 atom stereocenters. The Morgan fingerprint density at radius 1 is 1.43 bits per heavy atom. The van der Waals surface area contributed by atoms with Gasteiger partial charge in [-0.05, 0) is 56.1 Å². The van der Waals surface area contributed by atoms with Gasteiger partial charge in [0.25, 0.3) is 0 Å². The Labute approximate surface area is 144 Å². The van der Waals surface area contributed by atoms with Crippen LogP contribution in [0.3, 0.4) is 0 Å². The van der Waals surface area contributed by atoms with Gasteiger partial charge in [-0.3, -0.25) is 9.69 Å². The minimum Gasteiger partial charge on any atom is -0.497 e. The number of fused-ring (bicyclic) bond motifs is 4. The van der Waals surface area contributed by atoms with E-state index in [-0.39, 0.29) is 35.9 Å². The molecule has 0 amide bonds. The number of benzene rings is 1. The van der Waals surface area contributed by atoms with Crippen LogP contribution in [-0.2, 0) is 21.4 Å². The Bertz CT molecular complexity index is 592. The van der Waals surface area contributed by atoms with Gasteiger partial charge in [-0.2, -0.15) is 0 Å². The second kappa shape index (κ2) is 6.70. The van der Waals surface area contributed by atoms with E-state index in [1.165, 1.54) is 18.1 Å². The van der Waals surface area contributed by atoms with Crippen LogP contribution in [0.25, 0.3) is 0 Å². The minimum atomic E-state index is -0.186. The van der Waals surface area contributed by atoms with Crippen molar-refractivity contribution in [2.24, 2.45) is 0 Å². The van der Waals surface area contributed by atoms with Gasteiger partial charge in [0.15, 0.2) is 0 Å². The van der Waals surface area contributed by atoms with E-state index < -0.39 is 0 Å². The third kappa shape index (κ3) is 2.83. The molecule has 1 saturated heterocycles. The lowest BCUT2D eigenvalue weighted by molar-refractivity contribution is -0.161. The number of esters is 1. The molecule has 0 saturated carbocycles. The van der Waals surface area contributed by atoms with Gasteiger partial charge in [-0.1, -0.05) is 13.0 Å². The number of hydrogen-bond acceptors (Lipinski definition) is 4. The van der Waals surface area contributed by atoms with E-state index >= 15 is 0 Å². The van der Waals surface area contributed by atoms with E-state index in [4.69, 9.17) is 9.47 Å². The summed E-state index contributed by atoms with van der Waals surface area (Å²) >= 11 is 0. The summed E-state index contributed by atoms with van der Waals surface area (Å²) in [6.45, 7) is 4.75. The Morgan fingerprint density at radius 3 is 2.78 bits per heavy atom. The number of piperidine rings is 1. The fraction of sp³-hybridized carbons (Fsp3) is 0.611. The largest absolute Gasteiger partial charge is 0.497 e. The molecule has 0 N–H and O–H groups in total. The first-order valence-electron chi connectivity index (χ1n) is 8.06. The zero-order valence-electron chi connectivity index (χ0n) is 14.3. The molecular weight excluding hydrogens is 314 g/mol. The molecule has 1 fully saturated rings. The molecule has 0 unspecified atom stereocenters. The van der Waals surface area contributed by atoms with Crippen molar-refractivity contribution in [3.8, 4) is 5.75 Å². The molecule has 1 aromatic carbocycles. The number of likely N-dealkylation sites (N-methyl/N-ethyl adjacent to an activating group) is 1. The third-order valence-electron chi connectivity index (χ3n) is 5.58. The molecule has 1 aliphatic heterocycles. The summed E-state index contributed by atoms with van der Waals surface area (Å²) in [6.07, 6.45) is 2.83. The van der Waals surface area contributed by atoms with Crippen molar-refractivity contribution in [2.75, 3.05) is 20.7 Å². The zero-order chi connectivity index (χ0) is 15.9.